The Bertz CT molecular complexity index is 672. The van der Waals surface area contributed by atoms with Gasteiger partial charge in [-0.2, -0.15) is 0 Å². The van der Waals surface area contributed by atoms with E-state index in [1.165, 1.54) is 0 Å². The number of hydrogen-bond acceptors (Lipinski definition) is 3. The van der Waals surface area contributed by atoms with Crippen molar-refractivity contribution in [1.82, 2.24) is 10.3 Å². The summed E-state index contributed by atoms with van der Waals surface area (Å²) in [7, 11) is 1.62. The van der Waals surface area contributed by atoms with Gasteiger partial charge in [0.2, 0.25) is 0 Å². The Morgan fingerprint density at radius 2 is 1.95 bits per heavy atom. The summed E-state index contributed by atoms with van der Waals surface area (Å²) in [6.07, 6.45) is 1.74. The molecule has 0 radical (unpaired) electrons. The van der Waals surface area contributed by atoms with E-state index in [-0.39, 0.29) is 6.03 Å². The lowest BCUT2D eigenvalue weighted by molar-refractivity contribution is 0.251. The molecule has 2 rings (SSSR count). The average molecular weight is 320 g/mol. The fraction of sp³-hybridized carbons (Fsp3) is 0.250. The van der Waals surface area contributed by atoms with Crippen molar-refractivity contribution in [2.75, 3.05) is 12.4 Å². The third kappa shape index (κ3) is 3.89. The molecule has 0 atom stereocenters. The molecular formula is C16H18ClN3O2. The predicted molar refractivity (Wildman–Crippen MR) is 87.6 cm³/mol. The van der Waals surface area contributed by atoms with Crippen LogP contribution < -0.4 is 15.4 Å². The zero-order valence-electron chi connectivity index (χ0n) is 12.7. The number of aromatic nitrogens is 1. The number of nitrogens with one attached hydrogen (secondary N) is 2. The van der Waals surface area contributed by atoms with Crippen molar-refractivity contribution in [2.45, 2.75) is 20.4 Å². The van der Waals surface area contributed by atoms with E-state index in [0.717, 1.165) is 22.6 Å². The Morgan fingerprint density at radius 3 is 2.59 bits per heavy atom. The van der Waals surface area contributed by atoms with Gasteiger partial charge in [0.15, 0.2) is 0 Å². The van der Waals surface area contributed by atoms with E-state index in [1.807, 2.05) is 13.8 Å². The normalized spacial score (nSPS) is 10.2. The minimum absolute atomic E-state index is 0.303. The van der Waals surface area contributed by atoms with Gasteiger partial charge in [-0.3, -0.25) is 4.98 Å². The van der Waals surface area contributed by atoms with E-state index in [0.29, 0.717) is 17.3 Å². The van der Waals surface area contributed by atoms with Crippen LogP contribution in [0.3, 0.4) is 0 Å². The fourth-order valence-corrected chi connectivity index (χ4v) is 2.25. The quantitative estimate of drug-likeness (QED) is 0.903. The van der Waals surface area contributed by atoms with E-state index in [9.17, 15) is 4.79 Å². The molecule has 1 aromatic heterocycles. The van der Waals surface area contributed by atoms with Gasteiger partial charge in [-0.25, -0.2) is 4.79 Å². The number of carbonyl (C=O) groups is 1. The van der Waals surface area contributed by atoms with Crippen LogP contribution in [0, 0.1) is 13.8 Å². The second-order valence-electron chi connectivity index (χ2n) is 4.86. The van der Waals surface area contributed by atoms with Gasteiger partial charge in [0, 0.05) is 28.0 Å². The van der Waals surface area contributed by atoms with Gasteiger partial charge in [0.1, 0.15) is 5.75 Å². The van der Waals surface area contributed by atoms with Gasteiger partial charge in [0.05, 0.1) is 19.3 Å². The number of amides is 2. The molecule has 0 fully saturated rings. The number of benzene rings is 1. The monoisotopic (exact) mass is 319 g/mol. The second-order valence-corrected chi connectivity index (χ2v) is 5.30. The lowest BCUT2D eigenvalue weighted by Gasteiger charge is -2.13. The summed E-state index contributed by atoms with van der Waals surface area (Å²) in [6, 6.07) is 6.60. The molecule has 0 aliphatic heterocycles. The first-order valence-electron chi connectivity index (χ1n) is 6.80. The zero-order valence-corrected chi connectivity index (χ0v) is 13.5. The van der Waals surface area contributed by atoms with E-state index in [2.05, 4.69) is 15.6 Å². The number of aryl methyl sites for hydroxylation is 1. The molecule has 1 aromatic carbocycles. The first-order chi connectivity index (χ1) is 10.5. The molecule has 22 heavy (non-hydrogen) atoms. The van der Waals surface area contributed by atoms with Crippen LogP contribution >= 0.6 is 11.6 Å². The van der Waals surface area contributed by atoms with Crippen LogP contribution in [0.5, 0.6) is 5.75 Å². The molecule has 0 unspecified atom stereocenters. The van der Waals surface area contributed by atoms with Gasteiger partial charge in [0.25, 0.3) is 0 Å². The molecule has 2 aromatic rings. The van der Waals surface area contributed by atoms with E-state index < -0.39 is 0 Å². The SMILES string of the molecule is COc1c(C)cnc(CNC(=O)Nc2ccc(Cl)cc2)c1C. The number of carbonyl (C=O) groups excluding carboxylic acids is 1. The van der Waals surface area contributed by atoms with Crippen LogP contribution in [0.15, 0.2) is 30.5 Å². The fourth-order valence-electron chi connectivity index (χ4n) is 2.12. The van der Waals surface area contributed by atoms with Gasteiger partial charge < -0.3 is 15.4 Å². The molecule has 0 aliphatic rings. The van der Waals surface area contributed by atoms with Crippen LogP contribution in [0.2, 0.25) is 5.02 Å². The molecule has 2 amide bonds. The van der Waals surface area contributed by atoms with Crippen molar-refractivity contribution in [3.05, 3.63) is 52.3 Å². The van der Waals surface area contributed by atoms with Crippen LogP contribution in [0.1, 0.15) is 16.8 Å². The van der Waals surface area contributed by atoms with Gasteiger partial charge in [-0.15, -0.1) is 0 Å². The number of urea groups is 1. The summed E-state index contributed by atoms with van der Waals surface area (Å²) in [5.74, 6) is 0.796. The Kier molecular flexibility index (Phi) is 5.22. The largest absolute Gasteiger partial charge is 0.496 e. The Balaban J connectivity index is 1.98. The molecule has 0 spiro atoms. The molecule has 1 heterocycles. The van der Waals surface area contributed by atoms with Gasteiger partial charge in [-0.1, -0.05) is 11.6 Å². The number of anilines is 1. The molecular weight excluding hydrogens is 302 g/mol. The Hall–Kier alpha value is -2.27. The molecule has 2 N–H and O–H groups in total. The summed E-state index contributed by atoms with van der Waals surface area (Å²) in [5.41, 5.74) is 3.34. The first kappa shape index (κ1) is 16.1. The van der Waals surface area contributed by atoms with Crippen molar-refractivity contribution in [2.24, 2.45) is 0 Å². The highest BCUT2D eigenvalue weighted by atomic mass is 35.5. The number of pyridine rings is 1. The predicted octanol–water partition coefficient (Wildman–Crippen LogP) is 3.68. The van der Waals surface area contributed by atoms with Crippen molar-refractivity contribution in [3.63, 3.8) is 0 Å². The van der Waals surface area contributed by atoms with Crippen LogP contribution in [0.25, 0.3) is 0 Å². The minimum atomic E-state index is -0.303. The third-order valence-corrected chi connectivity index (χ3v) is 3.52. The maximum Gasteiger partial charge on any atom is 0.319 e. The van der Waals surface area contributed by atoms with Crippen LogP contribution in [-0.4, -0.2) is 18.1 Å². The lowest BCUT2D eigenvalue weighted by atomic mass is 10.1. The molecule has 0 bridgehead atoms. The zero-order chi connectivity index (χ0) is 16.1. The van der Waals surface area contributed by atoms with Crippen molar-refractivity contribution in [3.8, 4) is 5.75 Å². The number of methoxy groups -OCH3 is 1. The van der Waals surface area contributed by atoms with Crippen molar-refractivity contribution in [1.29, 1.82) is 0 Å². The second kappa shape index (κ2) is 7.13. The van der Waals surface area contributed by atoms with Crippen LogP contribution in [0.4, 0.5) is 10.5 Å². The number of ether oxygens (including phenoxy) is 1. The summed E-state index contributed by atoms with van der Waals surface area (Å²) >= 11 is 5.80. The maximum atomic E-state index is 11.9. The highest BCUT2D eigenvalue weighted by Crippen LogP contribution is 2.23. The molecule has 5 nitrogen and oxygen atoms in total. The van der Waals surface area contributed by atoms with Gasteiger partial charge in [-0.05, 0) is 38.1 Å². The lowest BCUT2D eigenvalue weighted by Crippen LogP contribution is -2.28. The molecule has 6 heteroatoms. The minimum Gasteiger partial charge on any atom is -0.496 e. The smallest absolute Gasteiger partial charge is 0.319 e. The van der Waals surface area contributed by atoms with Crippen molar-refractivity contribution >= 4 is 23.3 Å². The summed E-state index contributed by atoms with van der Waals surface area (Å²) in [6.45, 7) is 4.18. The number of hydrogen-bond donors (Lipinski definition) is 2. The Labute approximate surface area is 134 Å². The van der Waals surface area contributed by atoms with Gasteiger partial charge >= 0.3 is 6.03 Å². The highest BCUT2D eigenvalue weighted by Gasteiger charge is 2.10. The molecule has 0 saturated carbocycles. The number of nitrogens with zero attached hydrogens (tertiary/aromatic N) is 1. The summed E-state index contributed by atoms with van der Waals surface area (Å²) < 4.78 is 5.35. The molecule has 0 saturated heterocycles. The topological polar surface area (TPSA) is 63.2 Å². The molecule has 0 aliphatic carbocycles. The van der Waals surface area contributed by atoms with Crippen molar-refractivity contribution < 1.29 is 9.53 Å². The van der Waals surface area contributed by atoms with E-state index >= 15 is 0 Å². The van der Waals surface area contributed by atoms with E-state index in [4.69, 9.17) is 16.3 Å². The average Bonchev–Trinajstić information content (AvgIpc) is 2.49. The number of rotatable bonds is 4. The van der Waals surface area contributed by atoms with E-state index in [1.54, 1.807) is 37.6 Å². The summed E-state index contributed by atoms with van der Waals surface area (Å²) in [4.78, 5) is 16.2. The Morgan fingerprint density at radius 1 is 1.27 bits per heavy atom. The molecule has 116 valence electrons. The first-order valence-corrected chi connectivity index (χ1v) is 7.18. The summed E-state index contributed by atoms with van der Waals surface area (Å²) in [5, 5.41) is 6.13. The standard InChI is InChI=1S/C16H18ClN3O2/c1-10-8-18-14(11(2)15(10)22-3)9-19-16(21)20-13-6-4-12(17)5-7-13/h4-8H,9H2,1-3H3,(H2,19,20,21). The number of halogens is 1. The highest BCUT2D eigenvalue weighted by molar-refractivity contribution is 6.30. The maximum absolute atomic E-state index is 11.9. The third-order valence-electron chi connectivity index (χ3n) is 3.27. The van der Waals surface area contributed by atoms with Crippen LogP contribution in [-0.2, 0) is 6.54 Å².